The van der Waals surface area contributed by atoms with Crippen LogP contribution in [0.25, 0.3) is 0 Å². The Bertz CT molecular complexity index is 457. The van der Waals surface area contributed by atoms with Crippen molar-refractivity contribution in [1.29, 1.82) is 0 Å². The van der Waals surface area contributed by atoms with Crippen LogP contribution in [0.15, 0.2) is 0 Å². The molecule has 0 spiro atoms. The van der Waals surface area contributed by atoms with Gasteiger partial charge in [0.05, 0.1) is 0 Å². The van der Waals surface area contributed by atoms with E-state index in [1.165, 1.54) is 167 Å². The third-order valence-electron chi connectivity index (χ3n) is 7.97. The van der Waals surface area contributed by atoms with Crippen molar-refractivity contribution in [3.8, 4) is 0 Å². The van der Waals surface area contributed by atoms with Crippen LogP contribution in [0, 0.1) is 0 Å². The standard InChI is InChI=1S/2C18H36O2.Mg.H2O/c2*1-2-3-4-5-6-7-8-9-10-11-12-13-14-15-16-17-18(19)20;;/h2*2-17H2,1H3,(H,19,20);;1H2/q;;+2;/p-2. The van der Waals surface area contributed by atoms with Gasteiger partial charge in [0.25, 0.3) is 0 Å². The fourth-order valence-electron chi connectivity index (χ4n) is 5.28. The van der Waals surface area contributed by atoms with E-state index in [9.17, 15) is 19.8 Å². The van der Waals surface area contributed by atoms with Crippen molar-refractivity contribution in [2.24, 2.45) is 0 Å². The van der Waals surface area contributed by atoms with E-state index in [0.717, 1.165) is 25.7 Å². The van der Waals surface area contributed by atoms with Crippen LogP contribution in [0.5, 0.6) is 0 Å². The van der Waals surface area contributed by atoms with Gasteiger partial charge >= 0.3 is 23.1 Å². The minimum Gasteiger partial charge on any atom is -0.550 e. The van der Waals surface area contributed by atoms with Gasteiger partial charge in [-0.2, -0.15) is 0 Å². The summed E-state index contributed by atoms with van der Waals surface area (Å²) < 4.78 is 0. The van der Waals surface area contributed by atoms with E-state index in [-0.39, 0.29) is 41.4 Å². The second kappa shape index (κ2) is 45.1. The molecule has 0 rings (SSSR count). The van der Waals surface area contributed by atoms with Crippen LogP contribution in [-0.4, -0.2) is 40.5 Å². The summed E-state index contributed by atoms with van der Waals surface area (Å²) in [6, 6.07) is 0. The van der Waals surface area contributed by atoms with Gasteiger partial charge < -0.3 is 25.3 Å². The number of carboxylic acids is 2. The van der Waals surface area contributed by atoms with Crippen molar-refractivity contribution in [3.63, 3.8) is 0 Å². The molecule has 0 aliphatic rings. The molecule has 0 aromatic rings. The molecule has 0 atom stereocenters. The maximum absolute atomic E-state index is 10.2. The number of unbranched alkanes of at least 4 members (excludes halogenated alkanes) is 28. The minimum atomic E-state index is -0.903. The molecule has 248 valence electrons. The Kier molecular flexibility index (Phi) is 52.2. The molecule has 42 heavy (non-hydrogen) atoms. The molecule has 2 N–H and O–H groups in total. The van der Waals surface area contributed by atoms with E-state index in [1.54, 1.807) is 0 Å². The molecule has 5 nitrogen and oxygen atoms in total. The maximum Gasteiger partial charge on any atom is 2.00 e. The molecular formula is C36H72MgO5. The van der Waals surface area contributed by atoms with Crippen molar-refractivity contribution in [3.05, 3.63) is 0 Å². The fraction of sp³-hybridized carbons (Fsp3) is 0.944. The van der Waals surface area contributed by atoms with Gasteiger partial charge in [0.15, 0.2) is 0 Å². The topological polar surface area (TPSA) is 112 Å². The van der Waals surface area contributed by atoms with Gasteiger partial charge in [0, 0.05) is 11.9 Å². The first-order chi connectivity index (χ1) is 19.5. The summed E-state index contributed by atoms with van der Waals surface area (Å²) in [7, 11) is 0. The molecule has 0 amide bonds. The van der Waals surface area contributed by atoms with Crippen molar-refractivity contribution < 1.29 is 25.3 Å². The van der Waals surface area contributed by atoms with E-state index < -0.39 is 11.9 Å². The summed E-state index contributed by atoms with van der Waals surface area (Å²) >= 11 is 0. The molecule has 6 heteroatoms. The van der Waals surface area contributed by atoms with E-state index >= 15 is 0 Å². The zero-order valence-electron chi connectivity index (χ0n) is 28.5. The second-order valence-electron chi connectivity index (χ2n) is 12.1. The normalized spacial score (nSPS) is 10.3. The smallest absolute Gasteiger partial charge is 0.550 e. The summed E-state index contributed by atoms with van der Waals surface area (Å²) in [6.45, 7) is 4.53. The van der Waals surface area contributed by atoms with Crippen molar-refractivity contribution >= 4 is 35.0 Å². The van der Waals surface area contributed by atoms with Gasteiger partial charge in [-0.3, -0.25) is 0 Å². The molecule has 0 heterocycles. The number of carbonyl (C=O) groups is 2. The Morgan fingerprint density at radius 2 is 0.476 bits per heavy atom. The summed E-state index contributed by atoms with van der Waals surface area (Å²) in [5, 5.41) is 20.4. The quantitative estimate of drug-likeness (QED) is 0.0561. The Hall–Kier alpha value is -0.334. The molecule has 0 saturated heterocycles. The minimum absolute atomic E-state index is 0. The van der Waals surface area contributed by atoms with E-state index in [2.05, 4.69) is 13.8 Å². The van der Waals surface area contributed by atoms with Crippen molar-refractivity contribution in [1.82, 2.24) is 0 Å². The van der Waals surface area contributed by atoms with Gasteiger partial charge in [0.1, 0.15) is 0 Å². The SMILES string of the molecule is CCCCCCCCCCCCCCCCCC(=O)[O-].CCCCCCCCCCCCCCCCCC(=O)[O-].O.[Mg+2]. The summed E-state index contributed by atoms with van der Waals surface area (Å²) in [4.78, 5) is 20.4. The molecule has 0 saturated carbocycles. The van der Waals surface area contributed by atoms with Crippen LogP contribution in [0.4, 0.5) is 0 Å². The summed E-state index contributed by atoms with van der Waals surface area (Å²) in [5.74, 6) is -1.81. The largest absolute Gasteiger partial charge is 2.00 e. The third-order valence-corrected chi connectivity index (χ3v) is 7.97. The Labute approximate surface area is 278 Å². The van der Waals surface area contributed by atoms with Crippen molar-refractivity contribution in [2.45, 2.75) is 219 Å². The maximum atomic E-state index is 10.2. The molecule has 0 aromatic carbocycles. The molecule has 0 aliphatic heterocycles. The van der Waals surface area contributed by atoms with Crippen LogP contribution >= 0.6 is 0 Å². The van der Waals surface area contributed by atoms with E-state index in [4.69, 9.17) is 0 Å². The number of hydrogen-bond acceptors (Lipinski definition) is 4. The van der Waals surface area contributed by atoms with Crippen molar-refractivity contribution in [2.75, 3.05) is 0 Å². The average Bonchev–Trinajstić information content (AvgIpc) is 2.93. The molecule has 0 unspecified atom stereocenters. The predicted molar refractivity (Wildman–Crippen MR) is 178 cm³/mol. The molecule has 0 bridgehead atoms. The molecule has 0 radical (unpaired) electrons. The van der Waals surface area contributed by atoms with Gasteiger partial charge in [-0.05, 0) is 25.7 Å². The molecule has 0 fully saturated rings. The van der Waals surface area contributed by atoms with Crippen LogP contribution in [0.2, 0.25) is 0 Å². The molecule has 0 aliphatic carbocycles. The van der Waals surface area contributed by atoms with Gasteiger partial charge in [-0.1, -0.05) is 194 Å². The first-order valence-electron chi connectivity index (χ1n) is 17.9. The number of aliphatic carboxylic acids is 2. The number of rotatable bonds is 32. The molecular weight excluding hydrogens is 537 g/mol. The zero-order valence-corrected chi connectivity index (χ0v) is 29.9. The molecule has 0 aromatic heterocycles. The fourth-order valence-corrected chi connectivity index (χ4v) is 5.28. The van der Waals surface area contributed by atoms with Gasteiger partial charge in [-0.15, -0.1) is 0 Å². The number of carbonyl (C=O) groups excluding carboxylic acids is 2. The summed E-state index contributed by atoms with van der Waals surface area (Å²) in [5.41, 5.74) is 0. The van der Waals surface area contributed by atoms with Crippen LogP contribution in [0.1, 0.15) is 219 Å². The van der Waals surface area contributed by atoms with E-state index in [1.807, 2.05) is 0 Å². The van der Waals surface area contributed by atoms with Crippen LogP contribution < -0.4 is 10.2 Å². The average molecular weight is 609 g/mol. The van der Waals surface area contributed by atoms with Gasteiger partial charge in [0.2, 0.25) is 0 Å². The Morgan fingerprint density at radius 3 is 0.619 bits per heavy atom. The van der Waals surface area contributed by atoms with E-state index in [0.29, 0.717) is 0 Å². The zero-order chi connectivity index (χ0) is 29.8. The first kappa shape index (κ1) is 48.6. The first-order valence-corrected chi connectivity index (χ1v) is 17.9. The van der Waals surface area contributed by atoms with Gasteiger partial charge in [-0.25, -0.2) is 0 Å². The summed E-state index contributed by atoms with van der Waals surface area (Å²) in [6.07, 6.45) is 39.7. The monoisotopic (exact) mass is 609 g/mol. The number of hydrogen-bond donors (Lipinski definition) is 0. The Balaban J connectivity index is -0.000000328. The second-order valence-corrected chi connectivity index (χ2v) is 12.1. The third kappa shape index (κ3) is 52.3. The van der Waals surface area contributed by atoms with Crippen LogP contribution in [-0.2, 0) is 9.59 Å². The predicted octanol–water partition coefficient (Wildman–Crippen LogP) is 8.79. The number of carboxylic acid groups (broad SMARTS) is 2. The van der Waals surface area contributed by atoms with Crippen LogP contribution in [0.3, 0.4) is 0 Å². The Morgan fingerprint density at radius 1 is 0.333 bits per heavy atom.